The third kappa shape index (κ3) is 5.37. The first kappa shape index (κ1) is 19.7. The number of rotatable bonds is 4. The van der Waals surface area contributed by atoms with E-state index < -0.39 is 11.6 Å². The lowest BCUT2D eigenvalue weighted by Gasteiger charge is -2.34. The molecule has 0 aromatic carbocycles. The molecule has 0 radical (unpaired) electrons. The summed E-state index contributed by atoms with van der Waals surface area (Å²) in [7, 11) is 0. The summed E-state index contributed by atoms with van der Waals surface area (Å²) in [5, 5.41) is 0. The van der Waals surface area contributed by atoms with E-state index in [1.807, 2.05) is 48.5 Å². The van der Waals surface area contributed by atoms with E-state index in [0.29, 0.717) is 13.1 Å². The molecule has 0 bridgehead atoms. The molecule has 2 unspecified atom stereocenters. The lowest BCUT2D eigenvalue weighted by Crippen LogP contribution is -2.50. The molecule has 134 valence electrons. The molecule has 0 aliphatic carbocycles. The molecule has 1 heterocycles. The zero-order valence-corrected chi connectivity index (χ0v) is 15.6. The summed E-state index contributed by atoms with van der Waals surface area (Å²) in [5.41, 5.74) is 5.44. The average molecular weight is 327 g/mol. The Hall–Kier alpha value is -1.30. The lowest BCUT2D eigenvalue weighted by molar-refractivity contribution is -0.132. The van der Waals surface area contributed by atoms with E-state index in [4.69, 9.17) is 10.5 Å². The van der Waals surface area contributed by atoms with Gasteiger partial charge in [0.05, 0.1) is 12.1 Å². The maximum atomic E-state index is 12.5. The molecule has 1 rings (SSSR count). The van der Waals surface area contributed by atoms with Gasteiger partial charge in [0.1, 0.15) is 5.60 Å². The van der Waals surface area contributed by atoms with Crippen molar-refractivity contribution < 1.29 is 14.3 Å². The largest absolute Gasteiger partial charge is 0.444 e. The van der Waals surface area contributed by atoms with Crippen LogP contribution in [0.5, 0.6) is 0 Å². The van der Waals surface area contributed by atoms with E-state index in [1.54, 1.807) is 9.80 Å². The molecule has 0 spiro atoms. The van der Waals surface area contributed by atoms with Gasteiger partial charge in [-0.25, -0.2) is 4.79 Å². The number of hydrogen-bond donors (Lipinski definition) is 1. The Labute approximate surface area is 140 Å². The van der Waals surface area contributed by atoms with Crippen molar-refractivity contribution in [2.24, 2.45) is 11.7 Å². The summed E-state index contributed by atoms with van der Waals surface area (Å²) in [6.07, 6.45) is 0.438. The Bertz CT molecular complexity index is 429. The predicted octanol–water partition coefficient (Wildman–Crippen LogP) is 2.22. The van der Waals surface area contributed by atoms with E-state index in [0.717, 1.165) is 6.42 Å². The summed E-state index contributed by atoms with van der Waals surface area (Å²) in [5.74, 6) is 0.0732. The average Bonchev–Trinajstić information content (AvgIpc) is 2.83. The number of ether oxygens (including phenoxy) is 1. The van der Waals surface area contributed by atoms with E-state index in [9.17, 15) is 9.59 Å². The molecule has 1 saturated heterocycles. The molecular formula is C17H33N3O3. The summed E-state index contributed by atoms with van der Waals surface area (Å²) >= 11 is 0. The van der Waals surface area contributed by atoms with Crippen molar-refractivity contribution in [2.45, 2.75) is 78.6 Å². The number of amides is 2. The van der Waals surface area contributed by atoms with Gasteiger partial charge < -0.3 is 20.3 Å². The molecule has 0 saturated carbocycles. The smallest absolute Gasteiger partial charge is 0.410 e. The minimum absolute atomic E-state index is 0.0173. The van der Waals surface area contributed by atoms with Gasteiger partial charge >= 0.3 is 6.09 Å². The number of likely N-dealkylation sites (tertiary alicyclic amines) is 1. The molecule has 23 heavy (non-hydrogen) atoms. The van der Waals surface area contributed by atoms with Gasteiger partial charge in [0.15, 0.2) is 0 Å². The van der Waals surface area contributed by atoms with E-state index >= 15 is 0 Å². The summed E-state index contributed by atoms with van der Waals surface area (Å²) in [6.45, 7) is 14.5. The molecule has 1 aliphatic rings. The van der Waals surface area contributed by atoms with Crippen molar-refractivity contribution in [3.05, 3.63) is 0 Å². The first-order valence-electron chi connectivity index (χ1n) is 8.49. The van der Waals surface area contributed by atoms with Crippen LogP contribution >= 0.6 is 0 Å². The highest BCUT2D eigenvalue weighted by molar-refractivity contribution is 5.82. The maximum Gasteiger partial charge on any atom is 0.410 e. The van der Waals surface area contributed by atoms with Gasteiger partial charge in [0.2, 0.25) is 5.91 Å². The van der Waals surface area contributed by atoms with Crippen LogP contribution in [0.25, 0.3) is 0 Å². The second kappa shape index (κ2) is 7.51. The molecule has 6 heteroatoms. The van der Waals surface area contributed by atoms with Crippen molar-refractivity contribution in [1.29, 1.82) is 0 Å². The second-order valence-corrected chi connectivity index (χ2v) is 7.98. The molecule has 6 nitrogen and oxygen atoms in total. The van der Waals surface area contributed by atoms with Gasteiger partial charge in [-0.15, -0.1) is 0 Å². The Morgan fingerprint density at radius 2 is 1.78 bits per heavy atom. The number of nitrogens with zero attached hydrogens (tertiary/aromatic N) is 2. The van der Waals surface area contributed by atoms with Crippen LogP contribution in [0.2, 0.25) is 0 Å². The minimum atomic E-state index is -0.529. The van der Waals surface area contributed by atoms with E-state index in [1.165, 1.54) is 0 Å². The lowest BCUT2D eigenvalue weighted by atomic mass is 10.0. The third-order valence-corrected chi connectivity index (χ3v) is 4.03. The fourth-order valence-electron chi connectivity index (χ4n) is 2.76. The number of carbonyl (C=O) groups is 2. The number of nitrogens with two attached hydrogens (primary N) is 1. The van der Waals surface area contributed by atoms with Crippen LogP contribution in [-0.2, 0) is 9.53 Å². The van der Waals surface area contributed by atoms with Crippen molar-refractivity contribution in [3.8, 4) is 0 Å². The van der Waals surface area contributed by atoms with Gasteiger partial charge in [-0.05, 0) is 47.0 Å². The minimum Gasteiger partial charge on any atom is -0.444 e. The first-order valence-corrected chi connectivity index (χ1v) is 8.49. The normalized spacial score (nSPS) is 20.1. The van der Waals surface area contributed by atoms with Gasteiger partial charge in [-0.2, -0.15) is 0 Å². The van der Waals surface area contributed by atoms with Crippen LogP contribution in [0.3, 0.4) is 0 Å². The van der Waals surface area contributed by atoms with E-state index in [-0.39, 0.29) is 30.0 Å². The Kier molecular flexibility index (Phi) is 6.45. The van der Waals surface area contributed by atoms with Crippen LogP contribution in [0.4, 0.5) is 4.79 Å². The highest BCUT2D eigenvalue weighted by atomic mass is 16.6. The Morgan fingerprint density at radius 1 is 1.22 bits per heavy atom. The third-order valence-electron chi connectivity index (χ3n) is 4.03. The van der Waals surface area contributed by atoms with Crippen molar-refractivity contribution in [3.63, 3.8) is 0 Å². The van der Waals surface area contributed by atoms with Crippen molar-refractivity contribution in [1.82, 2.24) is 9.80 Å². The zero-order valence-electron chi connectivity index (χ0n) is 15.6. The van der Waals surface area contributed by atoms with Gasteiger partial charge in [-0.1, -0.05) is 13.8 Å². The van der Waals surface area contributed by atoms with Crippen LogP contribution in [-0.4, -0.2) is 58.6 Å². The number of carbonyl (C=O) groups excluding carboxylic acids is 2. The number of hydrogen-bond acceptors (Lipinski definition) is 4. The molecule has 0 aromatic rings. The monoisotopic (exact) mass is 327 g/mol. The molecule has 2 amide bonds. The maximum absolute atomic E-state index is 12.5. The van der Waals surface area contributed by atoms with Crippen LogP contribution < -0.4 is 5.73 Å². The highest BCUT2D eigenvalue weighted by Crippen LogP contribution is 2.22. The highest BCUT2D eigenvalue weighted by Gasteiger charge is 2.37. The Morgan fingerprint density at radius 3 is 2.22 bits per heavy atom. The van der Waals surface area contributed by atoms with Crippen LogP contribution in [0, 0.1) is 5.92 Å². The quantitative estimate of drug-likeness (QED) is 0.859. The standard InChI is InChI=1S/C17H33N3O3/c1-11(2)14(18)15(21)19-9-8-13(10-19)20(12(3)4)16(22)23-17(5,6)7/h11-14H,8-10,18H2,1-7H3. The fraction of sp³-hybridized carbons (Fsp3) is 0.882. The summed E-state index contributed by atoms with van der Waals surface area (Å²) < 4.78 is 5.51. The summed E-state index contributed by atoms with van der Waals surface area (Å²) in [4.78, 5) is 28.4. The van der Waals surface area contributed by atoms with E-state index in [2.05, 4.69) is 0 Å². The van der Waals surface area contributed by atoms with Gasteiger partial charge in [-0.3, -0.25) is 4.79 Å². The van der Waals surface area contributed by atoms with Gasteiger partial charge in [0.25, 0.3) is 0 Å². The predicted molar refractivity (Wildman–Crippen MR) is 91.0 cm³/mol. The SMILES string of the molecule is CC(C)C(N)C(=O)N1CCC(N(C(=O)OC(C)(C)C)C(C)C)C1. The second-order valence-electron chi connectivity index (χ2n) is 7.98. The molecule has 2 atom stereocenters. The van der Waals surface area contributed by atoms with Crippen molar-refractivity contribution in [2.75, 3.05) is 13.1 Å². The molecule has 1 aliphatic heterocycles. The zero-order chi connectivity index (χ0) is 17.9. The first-order chi connectivity index (χ1) is 10.4. The van der Waals surface area contributed by atoms with Crippen LogP contribution in [0.1, 0.15) is 54.9 Å². The summed E-state index contributed by atoms with van der Waals surface area (Å²) in [6, 6.07) is -0.486. The van der Waals surface area contributed by atoms with Gasteiger partial charge in [0, 0.05) is 19.1 Å². The fourth-order valence-corrected chi connectivity index (χ4v) is 2.76. The molecular weight excluding hydrogens is 294 g/mol. The molecule has 0 aromatic heterocycles. The van der Waals surface area contributed by atoms with Crippen LogP contribution in [0.15, 0.2) is 0 Å². The molecule has 1 fully saturated rings. The Balaban J connectivity index is 2.77. The van der Waals surface area contributed by atoms with Crippen molar-refractivity contribution >= 4 is 12.0 Å². The molecule has 2 N–H and O–H groups in total. The topological polar surface area (TPSA) is 75.9 Å².